The number of nitrogens with one attached hydrogen (secondary N) is 2. The van der Waals surface area contributed by atoms with E-state index in [-0.39, 0.29) is 5.69 Å². The second-order valence-corrected chi connectivity index (χ2v) is 8.36. The van der Waals surface area contributed by atoms with Crippen LogP contribution in [0.4, 0.5) is 18.9 Å². The van der Waals surface area contributed by atoms with Crippen LogP contribution < -0.4 is 10.0 Å². The van der Waals surface area contributed by atoms with Gasteiger partial charge in [-0.1, -0.05) is 0 Å². The van der Waals surface area contributed by atoms with Gasteiger partial charge in [-0.3, -0.25) is 4.79 Å². The second kappa shape index (κ2) is 6.76. The van der Waals surface area contributed by atoms with Crippen LogP contribution in [0.1, 0.15) is 31.3 Å². The molecule has 1 heterocycles. The van der Waals surface area contributed by atoms with Gasteiger partial charge in [-0.05, 0) is 32.9 Å². The maximum Gasteiger partial charge on any atom is 0.275 e. The number of carbonyl (C=O) groups excluding carboxylic acids is 1. The first-order valence-corrected chi connectivity index (χ1v) is 8.95. The lowest BCUT2D eigenvalue weighted by Gasteiger charge is -2.19. The molecule has 0 aliphatic carbocycles. The summed E-state index contributed by atoms with van der Waals surface area (Å²) in [5, 5.41) is 2.20. The van der Waals surface area contributed by atoms with Crippen molar-refractivity contribution in [2.75, 3.05) is 5.32 Å². The Morgan fingerprint density at radius 3 is 2.27 bits per heavy atom. The van der Waals surface area contributed by atoms with Crippen molar-refractivity contribution in [1.82, 2.24) is 9.29 Å². The molecule has 0 saturated carbocycles. The molecule has 142 valence electrons. The average Bonchev–Trinajstić information content (AvgIpc) is 2.76. The summed E-state index contributed by atoms with van der Waals surface area (Å²) in [6, 6.07) is 2.62. The van der Waals surface area contributed by atoms with E-state index in [1.54, 1.807) is 20.8 Å². The van der Waals surface area contributed by atoms with Crippen LogP contribution in [0.3, 0.4) is 0 Å². The van der Waals surface area contributed by atoms with Gasteiger partial charge in [-0.2, -0.15) is 0 Å². The standard InChI is InChI=1S/C16H18F3N3O3S/c1-16(2,3)21-26(24,25)12-8-22(4)14(13(12)19)15(23)20-9-5-6-10(17)11(18)7-9/h5-8,21H,1-4H3,(H,20,23). The van der Waals surface area contributed by atoms with Gasteiger partial charge in [-0.25, -0.2) is 26.3 Å². The van der Waals surface area contributed by atoms with E-state index in [2.05, 4.69) is 10.0 Å². The Labute approximate surface area is 149 Å². The Morgan fingerprint density at radius 1 is 1.12 bits per heavy atom. The van der Waals surface area contributed by atoms with Gasteiger partial charge >= 0.3 is 0 Å². The number of benzene rings is 1. The van der Waals surface area contributed by atoms with Crippen LogP contribution in [-0.2, 0) is 17.1 Å². The topological polar surface area (TPSA) is 80.2 Å². The third-order valence-electron chi connectivity index (χ3n) is 3.21. The van der Waals surface area contributed by atoms with Crippen molar-refractivity contribution in [2.45, 2.75) is 31.2 Å². The molecule has 1 amide bonds. The van der Waals surface area contributed by atoms with Gasteiger partial charge in [0.2, 0.25) is 10.0 Å². The van der Waals surface area contributed by atoms with Crippen LogP contribution in [0.2, 0.25) is 0 Å². The number of sulfonamides is 1. The summed E-state index contributed by atoms with van der Waals surface area (Å²) in [5.74, 6) is -4.54. The summed E-state index contributed by atoms with van der Waals surface area (Å²) < 4.78 is 68.7. The predicted molar refractivity (Wildman–Crippen MR) is 89.8 cm³/mol. The van der Waals surface area contributed by atoms with Gasteiger partial charge < -0.3 is 9.88 Å². The van der Waals surface area contributed by atoms with Crippen molar-refractivity contribution in [2.24, 2.45) is 7.05 Å². The molecule has 2 N–H and O–H groups in total. The van der Waals surface area contributed by atoms with Gasteiger partial charge in [-0.15, -0.1) is 0 Å². The quantitative estimate of drug-likeness (QED) is 0.844. The van der Waals surface area contributed by atoms with E-state index in [9.17, 15) is 26.4 Å². The van der Waals surface area contributed by atoms with E-state index in [1.807, 2.05) is 0 Å². The molecule has 0 fully saturated rings. The fourth-order valence-electron chi connectivity index (χ4n) is 2.24. The predicted octanol–water partition coefficient (Wildman–Crippen LogP) is 2.77. The highest BCUT2D eigenvalue weighted by molar-refractivity contribution is 7.89. The molecule has 6 nitrogen and oxygen atoms in total. The molecule has 0 aliphatic heterocycles. The van der Waals surface area contributed by atoms with Gasteiger partial charge in [0.1, 0.15) is 10.6 Å². The highest BCUT2D eigenvalue weighted by atomic mass is 32.2. The Kier molecular flexibility index (Phi) is 5.20. The molecular weight excluding hydrogens is 371 g/mol. The van der Waals surface area contributed by atoms with Gasteiger partial charge in [0.25, 0.3) is 5.91 Å². The Morgan fingerprint density at radius 2 is 1.73 bits per heavy atom. The fourth-order valence-corrected chi connectivity index (χ4v) is 3.78. The normalized spacial score (nSPS) is 12.3. The van der Waals surface area contributed by atoms with Crippen molar-refractivity contribution < 1.29 is 26.4 Å². The van der Waals surface area contributed by atoms with E-state index >= 15 is 0 Å². The van der Waals surface area contributed by atoms with E-state index in [4.69, 9.17) is 0 Å². The van der Waals surface area contributed by atoms with Crippen LogP contribution >= 0.6 is 0 Å². The molecule has 10 heteroatoms. The van der Waals surface area contributed by atoms with Crippen molar-refractivity contribution in [1.29, 1.82) is 0 Å². The van der Waals surface area contributed by atoms with Crippen molar-refractivity contribution in [3.63, 3.8) is 0 Å². The van der Waals surface area contributed by atoms with E-state index in [0.29, 0.717) is 0 Å². The highest BCUT2D eigenvalue weighted by Crippen LogP contribution is 2.23. The molecule has 0 spiro atoms. The number of amides is 1. The molecular formula is C16H18F3N3O3S. The van der Waals surface area contributed by atoms with Crippen LogP contribution in [-0.4, -0.2) is 24.4 Å². The molecule has 2 rings (SSSR count). The third kappa shape index (κ3) is 4.25. The monoisotopic (exact) mass is 389 g/mol. The summed E-state index contributed by atoms with van der Waals surface area (Å²) in [6.45, 7) is 4.76. The molecule has 26 heavy (non-hydrogen) atoms. The lowest BCUT2D eigenvalue weighted by molar-refractivity contribution is 0.101. The molecule has 2 aromatic rings. The molecule has 1 aromatic carbocycles. The molecule has 1 aromatic heterocycles. The van der Waals surface area contributed by atoms with Crippen LogP contribution in [0.5, 0.6) is 0 Å². The Bertz CT molecular complexity index is 963. The van der Waals surface area contributed by atoms with Gasteiger partial charge in [0, 0.05) is 30.5 Å². The molecule has 0 saturated heterocycles. The minimum atomic E-state index is -4.20. The second-order valence-electron chi connectivity index (χ2n) is 6.71. The van der Waals surface area contributed by atoms with Crippen LogP contribution in [0.25, 0.3) is 0 Å². The third-order valence-corrected chi connectivity index (χ3v) is 4.96. The Balaban J connectivity index is 2.37. The average molecular weight is 389 g/mol. The number of aryl methyl sites for hydroxylation is 1. The number of anilines is 1. The van der Waals surface area contributed by atoms with Gasteiger partial charge in [0.05, 0.1) is 0 Å². The Hall–Kier alpha value is -2.33. The van der Waals surface area contributed by atoms with Gasteiger partial charge in [0.15, 0.2) is 17.5 Å². The maximum atomic E-state index is 14.6. The van der Waals surface area contributed by atoms with Crippen LogP contribution in [0.15, 0.2) is 29.3 Å². The highest BCUT2D eigenvalue weighted by Gasteiger charge is 2.31. The molecule has 0 atom stereocenters. The number of hydrogen-bond acceptors (Lipinski definition) is 3. The smallest absolute Gasteiger partial charge is 0.275 e. The first kappa shape index (κ1) is 20.0. The summed E-state index contributed by atoms with van der Waals surface area (Å²) in [4.78, 5) is 11.6. The number of nitrogens with zero attached hydrogens (tertiary/aromatic N) is 1. The minimum absolute atomic E-state index is 0.105. The summed E-state index contributed by atoms with van der Waals surface area (Å²) >= 11 is 0. The first-order chi connectivity index (χ1) is 11.8. The lowest BCUT2D eigenvalue weighted by Crippen LogP contribution is -2.40. The number of rotatable bonds is 4. The fraction of sp³-hybridized carbons (Fsp3) is 0.312. The summed E-state index contributed by atoms with van der Waals surface area (Å²) in [5.41, 5.74) is -1.52. The van der Waals surface area contributed by atoms with E-state index in [0.717, 1.165) is 29.0 Å². The maximum absolute atomic E-state index is 14.6. The molecule has 0 radical (unpaired) electrons. The molecule has 0 unspecified atom stereocenters. The minimum Gasteiger partial charge on any atom is -0.343 e. The van der Waals surface area contributed by atoms with Crippen molar-refractivity contribution in [3.05, 3.63) is 47.5 Å². The number of aromatic nitrogens is 1. The largest absolute Gasteiger partial charge is 0.343 e. The number of hydrogen-bond donors (Lipinski definition) is 2. The molecule has 0 bridgehead atoms. The van der Waals surface area contributed by atoms with Crippen molar-refractivity contribution in [3.8, 4) is 0 Å². The SMILES string of the molecule is Cn1cc(S(=O)(=O)NC(C)(C)C)c(F)c1C(=O)Nc1ccc(F)c(F)c1. The van der Waals surface area contributed by atoms with Crippen molar-refractivity contribution >= 4 is 21.6 Å². The summed E-state index contributed by atoms with van der Waals surface area (Å²) in [7, 11) is -2.91. The first-order valence-electron chi connectivity index (χ1n) is 7.47. The summed E-state index contributed by atoms with van der Waals surface area (Å²) in [6.07, 6.45) is 0.962. The van der Waals surface area contributed by atoms with E-state index < -0.39 is 49.5 Å². The zero-order valence-electron chi connectivity index (χ0n) is 14.5. The number of carbonyl (C=O) groups is 1. The van der Waals surface area contributed by atoms with Crippen LogP contribution in [0, 0.1) is 17.5 Å². The zero-order valence-corrected chi connectivity index (χ0v) is 15.3. The zero-order chi connectivity index (χ0) is 19.9. The molecule has 0 aliphatic rings. The lowest BCUT2D eigenvalue weighted by atomic mass is 10.1. The number of halogens is 3. The van der Waals surface area contributed by atoms with E-state index in [1.165, 1.54) is 7.05 Å².